The van der Waals surface area contributed by atoms with Crippen molar-refractivity contribution < 1.29 is 0 Å². The second kappa shape index (κ2) is 9.01. The summed E-state index contributed by atoms with van der Waals surface area (Å²) in [7, 11) is 0. The van der Waals surface area contributed by atoms with Crippen molar-refractivity contribution in [3.05, 3.63) is 76.1 Å². The highest BCUT2D eigenvalue weighted by Crippen LogP contribution is 2.23. The maximum absolute atomic E-state index is 5.95. The van der Waals surface area contributed by atoms with Gasteiger partial charge in [-0.2, -0.15) is 9.78 Å². The number of thioether (sulfide) groups is 1. The highest BCUT2D eigenvalue weighted by molar-refractivity contribution is 7.98. The second-order valence-corrected chi connectivity index (χ2v) is 7.36. The minimum atomic E-state index is 0.745. The Balaban J connectivity index is 1.81. The van der Waals surface area contributed by atoms with Gasteiger partial charge in [0.2, 0.25) is 5.16 Å². The highest BCUT2D eigenvalue weighted by Gasteiger charge is 2.11. The topological polar surface area (TPSA) is 43.1 Å². The lowest BCUT2D eigenvalue weighted by atomic mass is 10.1. The number of hydrogen-bond acceptors (Lipinski definition) is 4. The van der Waals surface area contributed by atoms with E-state index in [1.165, 1.54) is 11.1 Å². The van der Waals surface area contributed by atoms with Crippen LogP contribution in [0.4, 0.5) is 0 Å². The maximum Gasteiger partial charge on any atom is 0.212 e. The summed E-state index contributed by atoms with van der Waals surface area (Å²) in [5.74, 6) is 1.68. The zero-order valence-electron chi connectivity index (χ0n) is 14.9. The Hall–Kier alpha value is -2.11. The van der Waals surface area contributed by atoms with Crippen molar-refractivity contribution in [3.8, 4) is 0 Å². The van der Waals surface area contributed by atoms with Gasteiger partial charge in [-0.25, -0.2) is 0 Å². The molecule has 0 aliphatic heterocycles. The van der Waals surface area contributed by atoms with E-state index in [9.17, 15) is 0 Å². The predicted octanol–water partition coefficient (Wildman–Crippen LogP) is 5.37. The van der Waals surface area contributed by atoms with E-state index in [2.05, 4.69) is 41.3 Å². The van der Waals surface area contributed by atoms with E-state index < -0.39 is 0 Å². The molecule has 0 saturated heterocycles. The monoisotopic (exact) mass is 384 g/mol. The van der Waals surface area contributed by atoms with Gasteiger partial charge >= 0.3 is 0 Å². The molecule has 2 aromatic carbocycles. The fraction of sp³-hybridized carbons (Fsp3) is 0.250. The number of aryl methyl sites for hydroxylation is 2. The molecule has 26 heavy (non-hydrogen) atoms. The third-order valence-electron chi connectivity index (χ3n) is 3.93. The van der Waals surface area contributed by atoms with Crippen molar-refractivity contribution in [1.29, 1.82) is 0 Å². The Bertz CT molecular complexity index is 887. The molecule has 0 fully saturated rings. The van der Waals surface area contributed by atoms with Crippen LogP contribution >= 0.6 is 23.4 Å². The van der Waals surface area contributed by atoms with Crippen LogP contribution in [-0.4, -0.2) is 21.1 Å². The summed E-state index contributed by atoms with van der Waals surface area (Å²) >= 11 is 7.58. The lowest BCUT2D eigenvalue weighted by Gasteiger charge is -2.05. The van der Waals surface area contributed by atoms with Crippen molar-refractivity contribution in [2.24, 2.45) is 5.10 Å². The predicted molar refractivity (Wildman–Crippen MR) is 109 cm³/mol. The van der Waals surface area contributed by atoms with Gasteiger partial charge in [0.1, 0.15) is 0 Å². The summed E-state index contributed by atoms with van der Waals surface area (Å²) in [6.45, 7) is 4.21. The number of nitrogens with zero attached hydrogens (tertiary/aromatic N) is 4. The van der Waals surface area contributed by atoms with Crippen LogP contribution in [0, 0.1) is 6.92 Å². The first-order chi connectivity index (χ1) is 12.7. The highest BCUT2D eigenvalue weighted by atomic mass is 35.5. The number of rotatable bonds is 7. The van der Waals surface area contributed by atoms with Gasteiger partial charge in [0.15, 0.2) is 5.82 Å². The summed E-state index contributed by atoms with van der Waals surface area (Å²) < 4.78 is 1.86. The summed E-state index contributed by atoms with van der Waals surface area (Å²) in [6.07, 6.45) is 3.73. The van der Waals surface area contributed by atoms with Crippen LogP contribution < -0.4 is 0 Å². The average Bonchev–Trinajstić information content (AvgIpc) is 3.03. The molecule has 6 heteroatoms. The lowest BCUT2D eigenvalue weighted by molar-refractivity contribution is 0.700. The van der Waals surface area contributed by atoms with E-state index in [0.29, 0.717) is 0 Å². The SMILES string of the molecule is CCCc1nnc(SCc2ccc(Cl)cc2)n1/N=C\c1ccccc1C. The minimum Gasteiger partial charge on any atom is -0.191 e. The van der Waals surface area contributed by atoms with Crippen molar-refractivity contribution in [2.75, 3.05) is 0 Å². The van der Waals surface area contributed by atoms with Gasteiger partial charge in [-0.1, -0.05) is 66.7 Å². The Kier molecular flexibility index (Phi) is 6.47. The molecule has 3 rings (SSSR count). The van der Waals surface area contributed by atoms with Crippen LogP contribution in [0.25, 0.3) is 0 Å². The quantitative estimate of drug-likeness (QED) is 0.406. The van der Waals surface area contributed by atoms with Gasteiger partial charge in [0, 0.05) is 17.2 Å². The molecule has 0 unspecified atom stereocenters. The van der Waals surface area contributed by atoms with Crippen LogP contribution in [0.1, 0.15) is 35.9 Å². The van der Waals surface area contributed by atoms with E-state index in [4.69, 9.17) is 11.6 Å². The molecule has 0 bridgehead atoms. The molecule has 0 N–H and O–H groups in total. The zero-order valence-corrected chi connectivity index (χ0v) is 16.5. The third-order valence-corrected chi connectivity index (χ3v) is 5.17. The van der Waals surface area contributed by atoms with Crippen LogP contribution in [0.2, 0.25) is 5.02 Å². The van der Waals surface area contributed by atoms with E-state index in [1.807, 2.05) is 47.3 Å². The summed E-state index contributed by atoms with van der Waals surface area (Å²) in [5.41, 5.74) is 3.47. The van der Waals surface area contributed by atoms with Crippen molar-refractivity contribution >= 4 is 29.6 Å². The van der Waals surface area contributed by atoms with E-state index >= 15 is 0 Å². The smallest absolute Gasteiger partial charge is 0.191 e. The first-order valence-corrected chi connectivity index (χ1v) is 9.95. The second-order valence-electron chi connectivity index (χ2n) is 5.98. The van der Waals surface area contributed by atoms with Gasteiger partial charge in [-0.15, -0.1) is 10.2 Å². The number of aromatic nitrogens is 3. The molecule has 3 aromatic rings. The van der Waals surface area contributed by atoms with E-state index in [-0.39, 0.29) is 0 Å². The van der Waals surface area contributed by atoms with Crippen molar-refractivity contribution in [1.82, 2.24) is 14.9 Å². The normalized spacial score (nSPS) is 11.3. The molecule has 134 valence electrons. The molecule has 1 aromatic heterocycles. The molecule has 1 heterocycles. The summed E-state index contributed by atoms with van der Waals surface area (Å²) in [4.78, 5) is 0. The van der Waals surface area contributed by atoms with Gasteiger partial charge < -0.3 is 0 Å². The number of halogens is 1. The fourth-order valence-electron chi connectivity index (χ4n) is 2.46. The first kappa shape index (κ1) is 18.7. The van der Waals surface area contributed by atoms with E-state index in [1.54, 1.807) is 11.8 Å². The minimum absolute atomic E-state index is 0.745. The molecule has 0 aliphatic rings. The molecule has 0 radical (unpaired) electrons. The van der Waals surface area contributed by atoms with Gasteiger partial charge in [-0.3, -0.25) is 0 Å². The van der Waals surface area contributed by atoms with Crippen LogP contribution in [0.5, 0.6) is 0 Å². The molecular weight excluding hydrogens is 364 g/mol. The maximum atomic E-state index is 5.95. The molecule has 0 spiro atoms. The number of hydrogen-bond donors (Lipinski definition) is 0. The molecule has 4 nitrogen and oxygen atoms in total. The van der Waals surface area contributed by atoms with Crippen molar-refractivity contribution in [3.63, 3.8) is 0 Å². The molecule has 0 amide bonds. The molecule has 0 saturated carbocycles. The van der Waals surface area contributed by atoms with Gasteiger partial charge in [0.25, 0.3) is 0 Å². The van der Waals surface area contributed by atoms with Crippen LogP contribution in [-0.2, 0) is 12.2 Å². The average molecular weight is 385 g/mol. The standard InChI is InChI=1S/C20H21ClN4S/c1-3-6-19-23-24-20(26-14-16-9-11-18(21)12-10-16)25(19)22-13-17-8-5-4-7-15(17)2/h4-5,7-13H,3,6,14H2,1-2H3/b22-13-. The zero-order chi connectivity index (χ0) is 18.4. The third kappa shape index (κ3) is 4.74. The molecule has 0 aliphatic carbocycles. The van der Waals surface area contributed by atoms with E-state index in [0.717, 1.165) is 40.2 Å². The molecular formula is C20H21ClN4S. The van der Waals surface area contributed by atoms with Gasteiger partial charge in [-0.05, 0) is 42.2 Å². The first-order valence-electron chi connectivity index (χ1n) is 8.59. The fourth-order valence-corrected chi connectivity index (χ4v) is 3.45. The Morgan fingerprint density at radius 3 is 2.62 bits per heavy atom. The Morgan fingerprint density at radius 2 is 1.88 bits per heavy atom. The largest absolute Gasteiger partial charge is 0.212 e. The number of benzene rings is 2. The summed E-state index contributed by atoms with van der Waals surface area (Å²) in [5, 5.41) is 14.9. The Labute approximate surface area is 163 Å². The molecule has 0 atom stereocenters. The van der Waals surface area contributed by atoms with Crippen LogP contribution in [0.15, 0.2) is 58.8 Å². The van der Waals surface area contributed by atoms with Crippen LogP contribution in [0.3, 0.4) is 0 Å². The van der Waals surface area contributed by atoms with Crippen molar-refractivity contribution in [2.45, 2.75) is 37.6 Å². The summed E-state index contributed by atoms with van der Waals surface area (Å²) in [6, 6.07) is 16.0. The lowest BCUT2D eigenvalue weighted by Crippen LogP contribution is -2.01. The van der Waals surface area contributed by atoms with Gasteiger partial charge in [0.05, 0.1) is 6.21 Å². The Morgan fingerprint density at radius 1 is 1.12 bits per heavy atom.